The molecule has 1 saturated carbocycles. The van der Waals surface area contributed by atoms with E-state index in [1.54, 1.807) is 19.3 Å². The van der Waals surface area contributed by atoms with Gasteiger partial charge in [-0.25, -0.2) is 16.8 Å². The molecule has 4 aromatic rings. The average Bonchev–Trinajstić information content (AvgIpc) is 4.04. The highest BCUT2D eigenvalue weighted by Gasteiger charge is 2.48. The second kappa shape index (κ2) is 16.4. The lowest BCUT2D eigenvalue weighted by Crippen LogP contribution is -2.44. The third-order valence-corrected chi connectivity index (χ3v) is 15.8. The van der Waals surface area contributed by atoms with Crippen LogP contribution in [0.4, 0.5) is 26.3 Å². The Bertz CT molecular complexity index is 2280. The Kier molecular flexibility index (Phi) is 12.3. The van der Waals surface area contributed by atoms with Crippen molar-refractivity contribution < 1.29 is 52.7 Å². The lowest BCUT2D eigenvalue weighted by atomic mass is 9.91. The van der Waals surface area contributed by atoms with Crippen LogP contribution in [0.25, 0.3) is 0 Å². The van der Waals surface area contributed by atoms with E-state index >= 15 is 0 Å². The molecule has 308 valence electrons. The summed E-state index contributed by atoms with van der Waals surface area (Å²) in [7, 11) is -7.94. The Morgan fingerprint density at radius 2 is 1.35 bits per heavy atom. The molecule has 0 spiro atoms. The van der Waals surface area contributed by atoms with Crippen molar-refractivity contribution in [3.63, 3.8) is 0 Å². The van der Waals surface area contributed by atoms with Crippen LogP contribution in [0.3, 0.4) is 0 Å². The summed E-state index contributed by atoms with van der Waals surface area (Å²) in [6.07, 6.45) is -3.65. The number of halogens is 6. The summed E-state index contributed by atoms with van der Waals surface area (Å²) in [6, 6.07) is 11.6. The van der Waals surface area contributed by atoms with Gasteiger partial charge in [-0.3, -0.25) is 15.0 Å². The van der Waals surface area contributed by atoms with E-state index in [9.17, 15) is 43.2 Å². The van der Waals surface area contributed by atoms with Gasteiger partial charge in [-0.05, 0) is 101 Å². The molecule has 2 aliphatic heterocycles. The van der Waals surface area contributed by atoms with E-state index in [0.717, 1.165) is 65.8 Å². The fourth-order valence-electron chi connectivity index (χ4n) is 7.37. The quantitative estimate of drug-likeness (QED) is 0.160. The monoisotopic (exact) mass is 839 g/mol. The van der Waals surface area contributed by atoms with Crippen molar-refractivity contribution in [2.75, 3.05) is 13.2 Å². The molecule has 57 heavy (non-hydrogen) atoms. The Balaban J connectivity index is 0.000000194. The number of ether oxygens (including phenoxy) is 2. The molecule has 4 heterocycles. The number of pyridine rings is 1. The maximum Gasteiger partial charge on any atom is 0.416 e. The van der Waals surface area contributed by atoms with E-state index in [2.05, 4.69) is 15.0 Å². The molecular weight excluding hydrogens is 797 g/mol. The topological polar surface area (TPSA) is 125 Å². The van der Waals surface area contributed by atoms with Gasteiger partial charge in [-0.15, -0.1) is 0 Å². The highest BCUT2D eigenvalue weighted by atomic mass is 32.2. The number of nitrogens with zero attached hydrogens (tertiary/aromatic N) is 3. The number of aromatic nitrogens is 3. The van der Waals surface area contributed by atoms with Crippen molar-refractivity contribution >= 4 is 19.7 Å². The maximum atomic E-state index is 13.5. The van der Waals surface area contributed by atoms with Crippen LogP contribution in [0.2, 0.25) is 0 Å². The summed E-state index contributed by atoms with van der Waals surface area (Å²) in [5, 5.41) is -0.805. The molecule has 4 unspecified atom stereocenters. The summed E-state index contributed by atoms with van der Waals surface area (Å²) < 4.78 is 141. The molecule has 9 nitrogen and oxygen atoms in total. The number of alkyl halides is 6. The Labute approximate surface area is 328 Å². The first-order valence-electron chi connectivity index (χ1n) is 18.6. The van der Waals surface area contributed by atoms with Crippen molar-refractivity contribution in [3.05, 3.63) is 113 Å². The van der Waals surface area contributed by atoms with Gasteiger partial charge < -0.3 is 9.47 Å². The lowest BCUT2D eigenvalue weighted by molar-refractivity contribution is -0.138. The van der Waals surface area contributed by atoms with E-state index < -0.39 is 65.4 Å². The van der Waals surface area contributed by atoms with Crippen molar-refractivity contribution in [1.29, 1.82) is 0 Å². The average molecular weight is 840 g/mol. The fourth-order valence-corrected chi connectivity index (χ4v) is 11.3. The van der Waals surface area contributed by atoms with Crippen LogP contribution in [-0.4, -0.2) is 55.0 Å². The van der Waals surface area contributed by atoms with Gasteiger partial charge in [0.05, 0.1) is 54.6 Å². The second-order valence-corrected chi connectivity index (χ2v) is 19.3. The van der Waals surface area contributed by atoms with Gasteiger partial charge in [0, 0.05) is 42.3 Å². The van der Waals surface area contributed by atoms with E-state index in [0.29, 0.717) is 17.7 Å². The molecule has 17 heteroatoms. The van der Waals surface area contributed by atoms with Crippen LogP contribution in [0.1, 0.15) is 109 Å². The van der Waals surface area contributed by atoms with Gasteiger partial charge in [0.2, 0.25) is 0 Å². The summed E-state index contributed by atoms with van der Waals surface area (Å²) in [4.78, 5) is 12.6. The van der Waals surface area contributed by atoms with E-state index in [1.807, 2.05) is 26.0 Å². The molecule has 2 aromatic carbocycles. The first kappa shape index (κ1) is 42.7. The SMILES string of the molecule is CCC1(S(=O)(=O)c2cccc(C(F)(F)F)c2)CCOC(c2cnc(C3CC3)cn2)C1.Cc1ccc(C2CC(S(=O)(=O)c3cccc(C(F)(F)F)c3)CCO2)c(C)n1. The molecule has 1 aliphatic carbocycles. The van der Waals surface area contributed by atoms with Crippen molar-refractivity contribution in [1.82, 2.24) is 15.0 Å². The molecular formula is C40H43F6N3O6S2. The predicted molar refractivity (Wildman–Crippen MR) is 198 cm³/mol. The molecule has 3 aliphatic rings. The van der Waals surface area contributed by atoms with E-state index in [1.165, 1.54) is 12.1 Å². The molecule has 7 rings (SSSR count). The largest absolute Gasteiger partial charge is 0.416 e. The summed E-state index contributed by atoms with van der Waals surface area (Å²) in [6.45, 7) is 5.84. The predicted octanol–water partition coefficient (Wildman–Crippen LogP) is 9.26. The zero-order valence-corrected chi connectivity index (χ0v) is 33.1. The molecule has 0 amide bonds. The number of hydrogen-bond acceptors (Lipinski definition) is 9. The smallest absolute Gasteiger partial charge is 0.373 e. The minimum absolute atomic E-state index is 0.125. The fraction of sp³-hybridized carbons (Fsp3) is 0.475. The van der Waals surface area contributed by atoms with Crippen molar-refractivity contribution in [2.45, 2.75) is 116 Å². The van der Waals surface area contributed by atoms with Crippen molar-refractivity contribution in [3.8, 4) is 0 Å². The number of benzene rings is 2. The lowest BCUT2D eigenvalue weighted by Gasteiger charge is -2.39. The maximum absolute atomic E-state index is 13.5. The van der Waals surface area contributed by atoms with Crippen molar-refractivity contribution in [2.24, 2.45) is 0 Å². The molecule has 4 atom stereocenters. The van der Waals surface area contributed by atoms with Crippen LogP contribution < -0.4 is 0 Å². The third-order valence-electron chi connectivity index (χ3n) is 10.9. The Hall–Kier alpha value is -3.93. The summed E-state index contributed by atoms with van der Waals surface area (Å²) >= 11 is 0. The minimum atomic E-state index is -4.61. The van der Waals surface area contributed by atoms with Gasteiger partial charge in [0.1, 0.15) is 6.10 Å². The number of rotatable bonds is 8. The first-order chi connectivity index (χ1) is 26.7. The van der Waals surface area contributed by atoms with Crippen LogP contribution in [0, 0.1) is 13.8 Å². The number of sulfone groups is 2. The third kappa shape index (κ3) is 9.36. The molecule has 3 fully saturated rings. The van der Waals surface area contributed by atoms with Gasteiger partial charge >= 0.3 is 12.4 Å². The van der Waals surface area contributed by atoms with Gasteiger partial charge in [-0.2, -0.15) is 26.3 Å². The van der Waals surface area contributed by atoms with Gasteiger partial charge in [-0.1, -0.05) is 25.1 Å². The van der Waals surface area contributed by atoms with Gasteiger partial charge in [0.25, 0.3) is 0 Å². The number of hydrogen-bond donors (Lipinski definition) is 0. The van der Waals surface area contributed by atoms with E-state index in [-0.39, 0.29) is 55.1 Å². The van der Waals surface area contributed by atoms with Crippen LogP contribution in [0.5, 0.6) is 0 Å². The summed E-state index contributed by atoms with van der Waals surface area (Å²) in [5.74, 6) is 0.454. The molecule has 0 radical (unpaired) electrons. The van der Waals surface area contributed by atoms with Gasteiger partial charge in [0.15, 0.2) is 19.7 Å². The molecule has 0 N–H and O–H groups in total. The summed E-state index contributed by atoms with van der Waals surface area (Å²) in [5.41, 5.74) is 1.96. The minimum Gasteiger partial charge on any atom is -0.373 e. The zero-order valence-electron chi connectivity index (χ0n) is 31.5. The Morgan fingerprint density at radius 3 is 1.93 bits per heavy atom. The van der Waals surface area contributed by atoms with Crippen LogP contribution >= 0.6 is 0 Å². The molecule has 2 aromatic heterocycles. The molecule has 0 bridgehead atoms. The normalized spacial score (nSPS) is 23.4. The standard InChI is InChI=1S/C21H23F3N2O3S.C19H20F3NO3S/c1-2-20(30(27,28)16-5-3-4-15(10-16)21(22,23)24)8-9-29-19(11-20)18-13-25-17(12-26-18)14-6-7-14;1-12-6-7-17(13(2)23-12)18-11-16(8-9-26-18)27(24,25)15-5-3-4-14(10-15)19(20,21)22/h3-5,10,12-14,19H,2,6-9,11H2,1H3;3-7,10,16,18H,8-9,11H2,1-2H3. The van der Waals surface area contributed by atoms with Crippen LogP contribution in [-0.2, 0) is 41.5 Å². The van der Waals surface area contributed by atoms with Crippen LogP contribution in [0.15, 0.2) is 82.8 Å². The zero-order chi connectivity index (χ0) is 41.4. The number of aryl methyl sites for hydroxylation is 2. The second-order valence-electron chi connectivity index (χ2n) is 14.7. The first-order valence-corrected chi connectivity index (χ1v) is 21.6. The highest BCUT2D eigenvalue weighted by molar-refractivity contribution is 7.93. The molecule has 2 saturated heterocycles. The van der Waals surface area contributed by atoms with E-state index in [4.69, 9.17) is 9.47 Å². The Morgan fingerprint density at radius 1 is 0.754 bits per heavy atom. The highest BCUT2D eigenvalue weighted by Crippen LogP contribution is 2.45.